The van der Waals surface area contributed by atoms with Crippen LogP contribution in [0.2, 0.25) is 0 Å². The van der Waals surface area contributed by atoms with Crippen LogP contribution >= 0.6 is 15.9 Å². The van der Waals surface area contributed by atoms with E-state index in [2.05, 4.69) is 21.2 Å². The summed E-state index contributed by atoms with van der Waals surface area (Å²) >= 11 is 2.97. The fraction of sp³-hybridized carbons (Fsp3) is 0.571. The Morgan fingerprint density at radius 1 is 1.40 bits per heavy atom. The van der Waals surface area contributed by atoms with Crippen molar-refractivity contribution in [2.45, 2.75) is 38.5 Å². The minimum Gasteiger partial charge on any atom is -0.379 e. The van der Waals surface area contributed by atoms with Gasteiger partial charge >= 0.3 is 0 Å². The third-order valence-electron chi connectivity index (χ3n) is 3.81. The summed E-state index contributed by atoms with van der Waals surface area (Å²) in [4.78, 5) is 10.5. The van der Waals surface area contributed by atoms with Crippen LogP contribution in [0.15, 0.2) is 16.6 Å². The summed E-state index contributed by atoms with van der Waals surface area (Å²) < 4.78 is 13.6. The lowest BCUT2D eigenvalue weighted by Gasteiger charge is -2.10. The molecule has 20 heavy (non-hydrogen) atoms. The summed E-state index contributed by atoms with van der Waals surface area (Å²) in [6, 6.07) is 2.38. The zero-order chi connectivity index (χ0) is 14.5. The lowest BCUT2D eigenvalue weighted by molar-refractivity contribution is -0.384. The number of hydrogen-bond donors (Lipinski definition) is 1. The van der Waals surface area contributed by atoms with Crippen LogP contribution in [-0.4, -0.2) is 11.5 Å². The van der Waals surface area contributed by atoms with Gasteiger partial charge in [-0.1, -0.05) is 25.7 Å². The van der Waals surface area contributed by atoms with Gasteiger partial charge in [0.2, 0.25) is 0 Å². The smallest absolute Gasteiger partial charge is 0.293 e. The van der Waals surface area contributed by atoms with Gasteiger partial charge < -0.3 is 5.32 Å². The van der Waals surface area contributed by atoms with Crippen molar-refractivity contribution >= 4 is 27.3 Å². The largest absolute Gasteiger partial charge is 0.379 e. The van der Waals surface area contributed by atoms with Gasteiger partial charge in [0.05, 0.1) is 9.40 Å². The predicted octanol–water partition coefficient (Wildman–Crippen LogP) is 4.88. The number of rotatable bonds is 6. The van der Waals surface area contributed by atoms with Crippen molar-refractivity contribution < 1.29 is 9.31 Å². The molecule has 1 aromatic carbocycles. The Bertz CT molecular complexity index is 490. The van der Waals surface area contributed by atoms with E-state index in [1.807, 2.05) is 0 Å². The second kappa shape index (κ2) is 7.02. The highest BCUT2D eigenvalue weighted by molar-refractivity contribution is 9.10. The fourth-order valence-electron chi connectivity index (χ4n) is 2.74. The molecule has 0 spiro atoms. The Balaban J connectivity index is 1.90. The Morgan fingerprint density at radius 2 is 2.10 bits per heavy atom. The van der Waals surface area contributed by atoms with E-state index in [-0.39, 0.29) is 15.8 Å². The molecule has 1 aliphatic carbocycles. The first kappa shape index (κ1) is 15.2. The molecular formula is C14H18BrFN2O2. The SMILES string of the molecule is O=[N+]([O-])c1cc(Br)c(F)cc1NCCCC1CCCC1. The molecule has 0 heterocycles. The van der Waals surface area contributed by atoms with Crippen LogP contribution in [0.5, 0.6) is 0 Å². The Morgan fingerprint density at radius 3 is 2.75 bits per heavy atom. The molecule has 0 radical (unpaired) electrons. The first-order valence-corrected chi connectivity index (χ1v) is 7.74. The second-order valence-electron chi connectivity index (χ2n) is 5.26. The molecule has 2 rings (SSSR count). The molecule has 0 atom stereocenters. The average Bonchev–Trinajstić information content (AvgIpc) is 2.91. The molecule has 1 fully saturated rings. The maximum atomic E-state index is 13.5. The van der Waals surface area contributed by atoms with E-state index in [1.54, 1.807) is 0 Å². The monoisotopic (exact) mass is 344 g/mol. The van der Waals surface area contributed by atoms with Crippen LogP contribution in [0.3, 0.4) is 0 Å². The van der Waals surface area contributed by atoms with Crippen molar-refractivity contribution in [2.75, 3.05) is 11.9 Å². The van der Waals surface area contributed by atoms with E-state index in [4.69, 9.17) is 0 Å². The molecule has 1 N–H and O–H groups in total. The lowest BCUT2D eigenvalue weighted by atomic mass is 10.0. The number of nitro benzene ring substituents is 1. The van der Waals surface area contributed by atoms with Crippen LogP contribution in [-0.2, 0) is 0 Å². The van der Waals surface area contributed by atoms with E-state index in [0.717, 1.165) is 18.8 Å². The van der Waals surface area contributed by atoms with Gasteiger partial charge in [-0.3, -0.25) is 10.1 Å². The highest BCUT2D eigenvalue weighted by Gasteiger charge is 2.18. The van der Waals surface area contributed by atoms with Crippen molar-refractivity contribution in [3.63, 3.8) is 0 Å². The van der Waals surface area contributed by atoms with Gasteiger partial charge in [0, 0.05) is 18.7 Å². The molecule has 0 bridgehead atoms. The number of hydrogen-bond acceptors (Lipinski definition) is 3. The quantitative estimate of drug-likeness (QED) is 0.454. The normalized spacial score (nSPS) is 15.5. The number of nitrogens with zero attached hydrogens (tertiary/aromatic N) is 1. The number of anilines is 1. The Kier molecular flexibility index (Phi) is 5.34. The first-order valence-electron chi connectivity index (χ1n) is 6.95. The summed E-state index contributed by atoms with van der Waals surface area (Å²) in [5, 5.41) is 13.9. The zero-order valence-corrected chi connectivity index (χ0v) is 12.8. The first-order chi connectivity index (χ1) is 9.58. The van der Waals surface area contributed by atoms with Crippen LogP contribution in [0, 0.1) is 21.8 Å². The summed E-state index contributed by atoms with van der Waals surface area (Å²) in [5.74, 6) is 0.308. The molecule has 4 nitrogen and oxygen atoms in total. The summed E-state index contributed by atoms with van der Waals surface area (Å²) in [5.41, 5.74) is 0.154. The summed E-state index contributed by atoms with van der Waals surface area (Å²) in [7, 11) is 0. The van der Waals surface area contributed by atoms with Crippen LogP contribution in [0.4, 0.5) is 15.8 Å². The van der Waals surface area contributed by atoms with Crippen molar-refractivity contribution in [3.05, 3.63) is 32.5 Å². The van der Waals surface area contributed by atoms with E-state index in [0.29, 0.717) is 6.54 Å². The minimum absolute atomic E-state index is 0.0980. The third kappa shape index (κ3) is 3.91. The van der Waals surface area contributed by atoms with Gasteiger partial charge in [-0.25, -0.2) is 4.39 Å². The standard InChI is InChI=1S/C14H18BrFN2O2/c15-11-8-14(18(19)20)13(9-12(11)16)17-7-3-6-10-4-1-2-5-10/h8-10,17H,1-7H2. The van der Waals surface area contributed by atoms with E-state index >= 15 is 0 Å². The number of nitro groups is 1. The molecule has 1 aromatic rings. The van der Waals surface area contributed by atoms with Crippen LogP contribution < -0.4 is 5.32 Å². The molecule has 0 saturated heterocycles. The lowest BCUT2D eigenvalue weighted by Crippen LogP contribution is -2.06. The van der Waals surface area contributed by atoms with Gasteiger partial charge in [0.15, 0.2) is 0 Å². The minimum atomic E-state index is -0.497. The van der Waals surface area contributed by atoms with Crippen LogP contribution in [0.1, 0.15) is 38.5 Å². The van der Waals surface area contributed by atoms with Crippen molar-refractivity contribution in [3.8, 4) is 0 Å². The van der Waals surface area contributed by atoms with Gasteiger partial charge in [-0.2, -0.15) is 0 Å². The molecule has 6 heteroatoms. The Hall–Kier alpha value is -1.17. The van der Waals surface area contributed by atoms with E-state index < -0.39 is 10.7 Å². The topological polar surface area (TPSA) is 55.2 Å². The molecule has 0 aromatic heterocycles. The fourth-order valence-corrected chi connectivity index (χ4v) is 3.07. The van der Waals surface area contributed by atoms with Gasteiger partial charge in [0.25, 0.3) is 5.69 Å². The third-order valence-corrected chi connectivity index (χ3v) is 4.42. The predicted molar refractivity (Wildman–Crippen MR) is 80.4 cm³/mol. The van der Waals surface area contributed by atoms with E-state index in [9.17, 15) is 14.5 Å². The maximum Gasteiger partial charge on any atom is 0.293 e. The average molecular weight is 345 g/mol. The maximum absolute atomic E-state index is 13.5. The number of nitrogens with one attached hydrogen (secondary N) is 1. The van der Waals surface area contributed by atoms with Crippen molar-refractivity contribution in [1.82, 2.24) is 0 Å². The zero-order valence-electron chi connectivity index (χ0n) is 11.2. The van der Waals surface area contributed by atoms with Crippen molar-refractivity contribution in [2.24, 2.45) is 5.92 Å². The molecular weight excluding hydrogens is 327 g/mol. The van der Waals surface area contributed by atoms with Gasteiger partial charge in [0.1, 0.15) is 11.5 Å². The molecule has 0 unspecified atom stereocenters. The molecule has 1 saturated carbocycles. The molecule has 1 aliphatic rings. The highest BCUT2D eigenvalue weighted by Crippen LogP contribution is 2.31. The second-order valence-corrected chi connectivity index (χ2v) is 6.11. The summed E-state index contributed by atoms with van der Waals surface area (Å²) in [6.45, 7) is 0.637. The molecule has 110 valence electrons. The van der Waals surface area contributed by atoms with Crippen LogP contribution in [0.25, 0.3) is 0 Å². The van der Waals surface area contributed by atoms with Gasteiger partial charge in [-0.15, -0.1) is 0 Å². The van der Waals surface area contributed by atoms with Crippen molar-refractivity contribution in [1.29, 1.82) is 0 Å². The Labute approximate surface area is 126 Å². The molecule has 0 amide bonds. The van der Waals surface area contributed by atoms with Gasteiger partial charge in [-0.05, 0) is 34.7 Å². The number of benzene rings is 1. The highest BCUT2D eigenvalue weighted by atomic mass is 79.9. The number of halogens is 2. The summed E-state index contributed by atoms with van der Waals surface area (Å²) in [6.07, 6.45) is 7.34. The van der Waals surface area contributed by atoms with E-state index in [1.165, 1.54) is 37.8 Å². The molecule has 0 aliphatic heterocycles.